The zero-order valence-corrected chi connectivity index (χ0v) is 14.4. The third-order valence-electron chi connectivity index (χ3n) is 2.99. The Morgan fingerprint density at radius 1 is 1.20 bits per heavy atom. The van der Waals surface area contributed by atoms with E-state index in [-0.39, 0.29) is 6.01 Å². The SMILES string of the molecule is COc1ncc(F)c(N(NC(=O)c2cccs2)C(=O)c2cccs2)n1. The minimum atomic E-state index is -0.878. The highest BCUT2D eigenvalue weighted by Crippen LogP contribution is 2.21. The number of rotatable bonds is 4. The summed E-state index contributed by atoms with van der Waals surface area (Å²) in [7, 11) is 1.31. The number of nitrogens with one attached hydrogen (secondary N) is 1. The van der Waals surface area contributed by atoms with Crippen molar-refractivity contribution in [2.45, 2.75) is 0 Å². The van der Waals surface area contributed by atoms with Crippen molar-refractivity contribution in [2.75, 3.05) is 12.1 Å². The number of hydrogen-bond acceptors (Lipinski definition) is 7. The van der Waals surface area contributed by atoms with Gasteiger partial charge in [-0.05, 0) is 22.9 Å². The average molecular weight is 378 g/mol. The molecule has 0 spiro atoms. The number of thiophene rings is 2. The number of nitrogens with zero attached hydrogens (tertiary/aromatic N) is 3. The lowest BCUT2D eigenvalue weighted by molar-refractivity contribution is 0.0890. The van der Waals surface area contributed by atoms with E-state index in [1.54, 1.807) is 35.0 Å². The summed E-state index contributed by atoms with van der Waals surface area (Å²) in [5.41, 5.74) is 2.39. The molecule has 0 aliphatic heterocycles. The highest BCUT2D eigenvalue weighted by atomic mass is 32.1. The minimum absolute atomic E-state index is 0.134. The second kappa shape index (κ2) is 7.36. The van der Waals surface area contributed by atoms with E-state index in [1.165, 1.54) is 18.4 Å². The topological polar surface area (TPSA) is 84.4 Å². The van der Waals surface area contributed by atoms with Gasteiger partial charge in [-0.1, -0.05) is 12.1 Å². The Kier molecular flexibility index (Phi) is 5.00. The molecule has 3 rings (SSSR count). The lowest BCUT2D eigenvalue weighted by atomic mass is 10.4. The van der Waals surface area contributed by atoms with Crippen LogP contribution < -0.4 is 15.2 Å². The van der Waals surface area contributed by atoms with Gasteiger partial charge in [0.15, 0.2) is 11.6 Å². The van der Waals surface area contributed by atoms with E-state index in [2.05, 4.69) is 15.4 Å². The number of aromatic nitrogens is 2. The molecule has 0 aliphatic carbocycles. The van der Waals surface area contributed by atoms with Crippen molar-refractivity contribution in [2.24, 2.45) is 0 Å². The van der Waals surface area contributed by atoms with Gasteiger partial charge in [-0.25, -0.2) is 9.37 Å². The number of anilines is 1. The van der Waals surface area contributed by atoms with Gasteiger partial charge in [0.1, 0.15) is 0 Å². The number of carbonyl (C=O) groups excluding carboxylic acids is 2. The van der Waals surface area contributed by atoms with Crippen molar-refractivity contribution in [3.8, 4) is 6.01 Å². The molecule has 3 aromatic rings. The predicted molar refractivity (Wildman–Crippen MR) is 91.5 cm³/mol. The summed E-state index contributed by atoms with van der Waals surface area (Å²) in [6.45, 7) is 0. The van der Waals surface area contributed by atoms with E-state index in [4.69, 9.17) is 4.74 Å². The summed E-state index contributed by atoms with van der Waals surface area (Å²) in [6.07, 6.45) is 0.868. The second-order valence-electron chi connectivity index (χ2n) is 4.56. The van der Waals surface area contributed by atoms with Crippen molar-refractivity contribution in [3.63, 3.8) is 0 Å². The standard InChI is InChI=1S/C15H11FN4O3S2/c1-23-15-17-8-9(16)12(18-15)20(14(22)11-5-3-7-25-11)19-13(21)10-4-2-6-24-10/h2-8H,1H3,(H,19,21). The fourth-order valence-electron chi connectivity index (χ4n) is 1.87. The van der Waals surface area contributed by atoms with Gasteiger partial charge in [0.2, 0.25) is 0 Å². The maximum Gasteiger partial charge on any atom is 0.318 e. The Morgan fingerprint density at radius 2 is 1.88 bits per heavy atom. The lowest BCUT2D eigenvalue weighted by Gasteiger charge is -2.21. The van der Waals surface area contributed by atoms with Crippen LogP contribution in [0, 0.1) is 5.82 Å². The number of methoxy groups -OCH3 is 1. The average Bonchev–Trinajstić information content (AvgIpc) is 3.33. The van der Waals surface area contributed by atoms with Gasteiger partial charge in [0, 0.05) is 0 Å². The van der Waals surface area contributed by atoms with E-state index < -0.39 is 23.4 Å². The van der Waals surface area contributed by atoms with Crippen molar-refractivity contribution in [1.29, 1.82) is 0 Å². The highest BCUT2D eigenvalue weighted by Gasteiger charge is 2.26. The molecular formula is C15H11FN4O3S2. The third-order valence-corrected chi connectivity index (χ3v) is 4.72. The van der Waals surface area contributed by atoms with Gasteiger partial charge >= 0.3 is 6.01 Å². The summed E-state index contributed by atoms with van der Waals surface area (Å²) in [5, 5.41) is 4.17. The van der Waals surface area contributed by atoms with Crippen LogP contribution in [0.2, 0.25) is 0 Å². The molecule has 10 heteroatoms. The van der Waals surface area contributed by atoms with Crippen LogP contribution in [0.4, 0.5) is 10.2 Å². The molecule has 0 aliphatic rings. The first kappa shape index (κ1) is 17.0. The van der Waals surface area contributed by atoms with Crippen molar-refractivity contribution >= 4 is 40.3 Å². The van der Waals surface area contributed by atoms with Crippen LogP contribution in [0.15, 0.2) is 41.2 Å². The fraction of sp³-hybridized carbons (Fsp3) is 0.0667. The van der Waals surface area contributed by atoms with Gasteiger partial charge in [0.25, 0.3) is 11.8 Å². The molecule has 0 atom stereocenters. The van der Waals surface area contributed by atoms with Gasteiger partial charge < -0.3 is 4.74 Å². The number of amides is 2. The Bertz CT molecular complexity index is 884. The molecule has 0 fully saturated rings. The smallest absolute Gasteiger partial charge is 0.318 e. The van der Waals surface area contributed by atoms with Crippen LogP contribution in [0.5, 0.6) is 6.01 Å². The van der Waals surface area contributed by atoms with Crippen LogP contribution in [-0.4, -0.2) is 28.9 Å². The number of hydrogen-bond donors (Lipinski definition) is 1. The maximum atomic E-state index is 14.2. The molecule has 3 aromatic heterocycles. The fourth-order valence-corrected chi connectivity index (χ4v) is 3.14. The Hall–Kier alpha value is -2.85. The molecule has 3 heterocycles. The van der Waals surface area contributed by atoms with Gasteiger partial charge in [-0.3, -0.25) is 15.0 Å². The zero-order valence-electron chi connectivity index (χ0n) is 12.8. The number of halogens is 1. The number of hydrazine groups is 1. The van der Waals surface area contributed by atoms with Gasteiger partial charge in [-0.2, -0.15) is 9.99 Å². The van der Waals surface area contributed by atoms with E-state index in [9.17, 15) is 14.0 Å². The monoisotopic (exact) mass is 378 g/mol. The lowest BCUT2D eigenvalue weighted by Crippen LogP contribution is -2.47. The van der Waals surface area contributed by atoms with Crippen LogP contribution in [0.25, 0.3) is 0 Å². The summed E-state index contributed by atoms with van der Waals surface area (Å²) in [5.74, 6) is -2.47. The largest absolute Gasteiger partial charge is 0.467 e. The summed E-state index contributed by atoms with van der Waals surface area (Å²) in [6, 6.07) is 6.39. The summed E-state index contributed by atoms with van der Waals surface area (Å²) in [4.78, 5) is 33.2. The van der Waals surface area contributed by atoms with Crippen LogP contribution in [0.3, 0.4) is 0 Å². The number of ether oxygens (including phenoxy) is 1. The first-order chi connectivity index (χ1) is 12.1. The predicted octanol–water partition coefficient (Wildman–Crippen LogP) is 2.74. The molecular weight excluding hydrogens is 367 g/mol. The highest BCUT2D eigenvalue weighted by molar-refractivity contribution is 7.12. The molecule has 1 N–H and O–H groups in total. The summed E-state index contributed by atoms with van der Waals surface area (Å²) < 4.78 is 19.1. The molecule has 0 saturated heterocycles. The normalized spacial score (nSPS) is 10.3. The van der Waals surface area contributed by atoms with Crippen molar-refractivity contribution in [1.82, 2.24) is 15.4 Å². The van der Waals surface area contributed by atoms with E-state index in [0.29, 0.717) is 9.75 Å². The van der Waals surface area contributed by atoms with Crippen LogP contribution in [-0.2, 0) is 0 Å². The summed E-state index contributed by atoms with van der Waals surface area (Å²) >= 11 is 2.35. The van der Waals surface area contributed by atoms with Crippen molar-refractivity contribution < 1.29 is 18.7 Å². The molecule has 7 nitrogen and oxygen atoms in total. The zero-order chi connectivity index (χ0) is 17.8. The van der Waals surface area contributed by atoms with Crippen LogP contribution in [0.1, 0.15) is 19.3 Å². The first-order valence-corrected chi connectivity index (χ1v) is 8.65. The Morgan fingerprint density at radius 3 is 2.48 bits per heavy atom. The molecule has 2 amide bonds. The quantitative estimate of drug-likeness (QED) is 0.706. The van der Waals surface area contributed by atoms with Gasteiger partial charge in [0.05, 0.1) is 23.1 Å². The van der Waals surface area contributed by atoms with Crippen LogP contribution >= 0.6 is 22.7 Å². The number of carbonyl (C=O) groups is 2. The molecule has 128 valence electrons. The first-order valence-electron chi connectivity index (χ1n) is 6.89. The molecule has 0 aromatic carbocycles. The molecule has 0 radical (unpaired) electrons. The minimum Gasteiger partial charge on any atom is -0.467 e. The molecule has 0 unspecified atom stereocenters. The molecule has 0 bridgehead atoms. The Labute approximate surface area is 149 Å². The molecule has 25 heavy (non-hydrogen) atoms. The van der Waals surface area contributed by atoms with E-state index >= 15 is 0 Å². The molecule has 0 saturated carbocycles. The van der Waals surface area contributed by atoms with E-state index in [0.717, 1.165) is 22.5 Å². The second-order valence-corrected chi connectivity index (χ2v) is 6.46. The third kappa shape index (κ3) is 3.64. The van der Waals surface area contributed by atoms with Gasteiger partial charge in [-0.15, -0.1) is 22.7 Å². The van der Waals surface area contributed by atoms with E-state index in [1.807, 2.05) is 0 Å². The maximum absolute atomic E-state index is 14.2. The van der Waals surface area contributed by atoms with Crippen molar-refractivity contribution in [3.05, 3.63) is 56.8 Å². The Balaban J connectivity index is 2.00.